The molecular formula is C16H19N3O4S. The van der Waals surface area contributed by atoms with E-state index in [2.05, 4.69) is 9.88 Å². The van der Waals surface area contributed by atoms with Crippen LogP contribution in [0.15, 0.2) is 45.8 Å². The standard InChI is InChI=1S/C16H19N3O4S/c1-12-10-15(23-17-12)16(20)19-9-5-6-13(11-19)18-24(21,22)14-7-3-2-4-8-14/h2-4,7-8,10,13,18H,5-6,9,11H2,1H3/t13-/m0/s1. The van der Waals surface area contributed by atoms with Gasteiger partial charge in [-0.05, 0) is 31.9 Å². The Balaban J connectivity index is 1.69. The number of carbonyl (C=O) groups is 1. The van der Waals surface area contributed by atoms with Crippen LogP contribution in [0.1, 0.15) is 29.1 Å². The minimum Gasteiger partial charge on any atom is -0.351 e. The van der Waals surface area contributed by atoms with Crippen molar-refractivity contribution >= 4 is 15.9 Å². The predicted molar refractivity (Wildman–Crippen MR) is 86.9 cm³/mol. The molecule has 1 amide bonds. The van der Waals surface area contributed by atoms with Crippen LogP contribution in [-0.2, 0) is 10.0 Å². The van der Waals surface area contributed by atoms with Gasteiger partial charge in [-0.3, -0.25) is 4.79 Å². The summed E-state index contributed by atoms with van der Waals surface area (Å²) in [4.78, 5) is 14.2. The van der Waals surface area contributed by atoms with Crippen LogP contribution in [-0.4, -0.2) is 43.5 Å². The van der Waals surface area contributed by atoms with Crippen molar-refractivity contribution in [2.75, 3.05) is 13.1 Å². The van der Waals surface area contributed by atoms with Crippen LogP contribution in [0.4, 0.5) is 0 Å². The van der Waals surface area contributed by atoms with Gasteiger partial charge in [0.1, 0.15) is 0 Å². The largest absolute Gasteiger partial charge is 0.351 e. The average molecular weight is 349 g/mol. The quantitative estimate of drug-likeness (QED) is 0.904. The Morgan fingerprint density at radius 2 is 2.08 bits per heavy atom. The Bertz CT molecular complexity index is 817. The third-order valence-electron chi connectivity index (χ3n) is 3.92. The number of aromatic nitrogens is 1. The summed E-state index contributed by atoms with van der Waals surface area (Å²) in [5.41, 5.74) is 0.636. The van der Waals surface area contributed by atoms with Crippen LogP contribution in [0.25, 0.3) is 0 Å². The maximum atomic E-state index is 12.4. The van der Waals surface area contributed by atoms with Crippen molar-refractivity contribution in [1.29, 1.82) is 0 Å². The molecule has 1 aliphatic heterocycles. The first-order valence-corrected chi connectivity index (χ1v) is 9.24. The van der Waals surface area contributed by atoms with Gasteiger partial charge >= 0.3 is 0 Å². The fraction of sp³-hybridized carbons (Fsp3) is 0.375. The van der Waals surface area contributed by atoms with Crippen molar-refractivity contribution in [3.05, 3.63) is 47.9 Å². The Labute approximate surface area is 140 Å². The number of likely N-dealkylation sites (tertiary alicyclic amines) is 1. The Kier molecular flexibility index (Phi) is 4.68. The number of amides is 1. The summed E-state index contributed by atoms with van der Waals surface area (Å²) in [6, 6.07) is 9.47. The highest BCUT2D eigenvalue weighted by atomic mass is 32.2. The van der Waals surface area contributed by atoms with E-state index in [1.807, 2.05) is 0 Å². The molecule has 1 aliphatic rings. The summed E-state index contributed by atoms with van der Waals surface area (Å²) in [6.45, 7) is 2.63. The van der Waals surface area contributed by atoms with E-state index in [0.29, 0.717) is 25.2 Å². The van der Waals surface area contributed by atoms with Gasteiger partial charge in [-0.15, -0.1) is 0 Å². The molecule has 2 aromatic rings. The minimum absolute atomic E-state index is 0.180. The molecule has 24 heavy (non-hydrogen) atoms. The first-order valence-electron chi connectivity index (χ1n) is 7.76. The molecule has 0 bridgehead atoms. The van der Waals surface area contributed by atoms with Crippen LogP contribution in [0, 0.1) is 6.92 Å². The fourth-order valence-electron chi connectivity index (χ4n) is 2.77. The number of nitrogens with zero attached hydrogens (tertiary/aromatic N) is 2. The number of aryl methyl sites for hydroxylation is 1. The number of carbonyl (C=O) groups excluding carboxylic acids is 1. The molecule has 1 saturated heterocycles. The summed E-state index contributed by atoms with van der Waals surface area (Å²) in [5, 5.41) is 3.72. The second kappa shape index (κ2) is 6.74. The highest BCUT2D eigenvalue weighted by molar-refractivity contribution is 7.89. The van der Waals surface area contributed by atoms with Gasteiger partial charge in [0.15, 0.2) is 0 Å². The third kappa shape index (κ3) is 3.65. The summed E-state index contributed by atoms with van der Waals surface area (Å²) < 4.78 is 32.5. The molecule has 1 aromatic carbocycles. The zero-order valence-electron chi connectivity index (χ0n) is 13.3. The Hall–Kier alpha value is -2.19. The third-order valence-corrected chi connectivity index (χ3v) is 5.46. The number of hydrogen-bond donors (Lipinski definition) is 1. The van der Waals surface area contributed by atoms with E-state index in [1.54, 1.807) is 48.2 Å². The van der Waals surface area contributed by atoms with Crippen molar-refractivity contribution < 1.29 is 17.7 Å². The maximum Gasteiger partial charge on any atom is 0.292 e. The lowest BCUT2D eigenvalue weighted by molar-refractivity contribution is 0.0661. The molecular weight excluding hydrogens is 330 g/mol. The molecule has 0 radical (unpaired) electrons. The van der Waals surface area contributed by atoms with Gasteiger partial charge in [-0.1, -0.05) is 23.4 Å². The number of benzene rings is 1. The second-order valence-corrected chi connectivity index (χ2v) is 7.57. The Morgan fingerprint density at radius 1 is 1.33 bits per heavy atom. The van der Waals surface area contributed by atoms with Crippen molar-refractivity contribution in [2.45, 2.75) is 30.7 Å². The van der Waals surface area contributed by atoms with Gasteiger partial charge in [-0.25, -0.2) is 13.1 Å². The molecule has 1 fully saturated rings. The number of sulfonamides is 1. The maximum absolute atomic E-state index is 12.4. The van der Waals surface area contributed by atoms with E-state index in [1.165, 1.54) is 0 Å². The normalized spacial score (nSPS) is 18.5. The van der Waals surface area contributed by atoms with Gasteiger partial charge in [0.2, 0.25) is 15.8 Å². The van der Waals surface area contributed by atoms with Gasteiger partial charge in [0.25, 0.3) is 5.91 Å². The van der Waals surface area contributed by atoms with Crippen LogP contribution in [0.5, 0.6) is 0 Å². The van der Waals surface area contributed by atoms with Gasteiger partial charge in [0.05, 0.1) is 10.6 Å². The first kappa shape index (κ1) is 16.7. The predicted octanol–water partition coefficient (Wildman–Crippen LogP) is 1.57. The number of hydrogen-bond acceptors (Lipinski definition) is 5. The summed E-state index contributed by atoms with van der Waals surface area (Å²) >= 11 is 0. The van der Waals surface area contributed by atoms with Crippen molar-refractivity contribution in [3.8, 4) is 0 Å². The lowest BCUT2D eigenvalue weighted by Crippen LogP contribution is -2.49. The molecule has 2 heterocycles. The highest BCUT2D eigenvalue weighted by Gasteiger charge is 2.29. The van der Waals surface area contributed by atoms with Crippen LogP contribution in [0.2, 0.25) is 0 Å². The molecule has 0 unspecified atom stereocenters. The molecule has 1 atom stereocenters. The van der Waals surface area contributed by atoms with Crippen molar-refractivity contribution in [2.24, 2.45) is 0 Å². The van der Waals surface area contributed by atoms with E-state index in [9.17, 15) is 13.2 Å². The van der Waals surface area contributed by atoms with Crippen LogP contribution in [0.3, 0.4) is 0 Å². The Morgan fingerprint density at radius 3 is 2.75 bits per heavy atom. The zero-order valence-corrected chi connectivity index (χ0v) is 14.1. The summed E-state index contributed by atoms with van der Waals surface area (Å²) in [5.74, 6) is -0.0849. The topological polar surface area (TPSA) is 92.5 Å². The van der Waals surface area contributed by atoms with E-state index < -0.39 is 10.0 Å². The highest BCUT2D eigenvalue weighted by Crippen LogP contribution is 2.17. The summed E-state index contributed by atoms with van der Waals surface area (Å²) in [6.07, 6.45) is 1.41. The van der Waals surface area contributed by atoms with Gasteiger partial charge < -0.3 is 9.42 Å². The van der Waals surface area contributed by atoms with E-state index in [4.69, 9.17) is 4.52 Å². The number of piperidine rings is 1. The lowest BCUT2D eigenvalue weighted by Gasteiger charge is -2.32. The zero-order chi connectivity index (χ0) is 17.2. The fourth-order valence-corrected chi connectivity index (χ4v) is 4.05. The molecule has 7 nitrogen and oxygen atoms in total. The van der Waals surface area contributed by atoms with Crippen molar-refractivity contribution in [1.82, 2.24) is 14.8 Å². The van der Waals surface area contributed by atoms with Gasteiger partial charge in [-0.2, -0.15) is 0 Å². The lowest BCUT2D eigenvalue weighted by atomic mass is 10.1. The molecule has 1 aromatic heterocycles. The molecule has 3 rings (SSSR count). The van der Waals surface area contributed by atoms with E-state index >= 15 is 0 Å². The average Bonchev–Trinajstić information content (AvgIpc) is 3.01. The van der Waals surface area contributed by atoms with E-state index in [-0.39, 0.29) is 22.6 Å². The van der Waals surface area contributed by atoms with Crippen LogP contribution >= 0.6 is 0 Å². The molecule has 0 spiro atoms. The minimum atomic E-state index is -3.59. The monoisotopic (exact) mass is 349 g/mol. The molecule has 0 saturated carbocycles. The van der Waals surface area contributed by atoms with E-state index in [0.717, 1.165) is 6.42 Å². The molecule has 128 valence electrons. The summed E-state index contributed by atoms with van der Waals surface area (Å²) in [7, 11) is -3.59. The van der Waals surface area contributed by atoms with Crippen LogP contribution < -0.4 is 4.72 Å². The number of rotatable bonds is 4. The SMILES string of the molecule is Cc1cc(C(=O)N2CCC[C@H](NS(=O)(=O)c3ccccc3)C2)on1. The van der Waals surface area contributed by atoms with Crippen molar-refractivity contribution in [3.63, 3.8) is 0 Å². The second-order valence-electron chi connectivity index (χ2n) is 5.86. The smallest absolute Gasteiger partial charge is 0.292 e. The van der Waals surface area contributed by atoms with Gasteiger partial charge in [0, 0.05) is 25.2 Å². The molecule has 1 N–H and O–H groups in total. The number of nitrogens with one attached hydrogen (secondary N) is 1. The molecule has 0 aliphatic carbocycles. The molecule has 8 heteroatoms. The first-order chi connectivity index (χ1) is 11.5.